The number of carboxylic acid groups (broad SMARTS) is 1. The van der Waals surface area contributed by atoms with Crippen molar-refractivity contribution in [3.63, 3.8) is 0 Å². The summed E-state index contributed by atoms with van der Waals surface area (Å²) in [6, 6.07) is 21.4. The van der Waals surface area contributed by atoms with Gasteiger partial charge in [-0.05, 0) is 52.9 Å². The van der Waals surface area contributed by atoms with E-state index in [4.69, 9.17) is 9.15 Å². The van der Waals surface area contributed by atoms with Crippen LogP contribution in [0.4, 0.5) is 0 Å². The Morgan fingerprint density at radius 1 is 1.09 bits per heavy atom. The Balaban J connectivity index is 1.31. The average molecular weight is 457 g/mol. The third-order valence-corrected chi connectivity index (χ3v) is 6.29. The predicted octanol–water partition coefficient (Wildman–Crippen LogP) is 5.54. The number of hydrogen-bond acceptors (Lipinski definition) is 5. The molecule has 0 fully saturated rings. The summed E-state index contributed by atoms with van der Waals surface area (Å²) in [6.07, 6.45) is 0.485. The first-order valence-electron chi connectivity index (χ1n) is 11.6. The molecule has 1 atom stereocenters. The summed E-state index contributed by atoms with van der Waals surface area (Å²) in [5.41, 5.74) is 5.92. The Bertz CT molecular complexity index is 1310. The standard InChI is InChI=1S/C28H28N2O4/c1-18(2)27-29-24-12-20(8-11-26(24)34-27)17-33-23-10-9-21-14-25(28(31)32)30(16-22(21)13-23)15-19-6-4-3-5-7-19/h3-13,18,25H,14-17H2,1-2H3,(H,31,32)/t25-/m0/s1. The van der Waals surface area contributed by atoms with E-state index < -0.39 is 12.0 Å². The van der Waals surface area contributed by atoms with Crippen molar-refractivity contribution in [2.45, 2.75) is 51.9 Å². The summed E-state index contributed by atoms with van der Waals surface area (Å²) in [5, 5.41) is 9.81. The van der Waals surface area contributed by atoms with Crippen molar-refractivity contribution in [3.8, 4) is 5.75 Å². The Morgan fingerprint density at radius 3 is 2.68 bits per heavy atom. The largest absolute Gasteiger partial charge is 0.489 e. The van der Waals surface area contributed by atoms with E-state index in [9.17, 15) is 9.90 Å². The number of hydrogen-bond donors (Lipinski definition) is 1. The summed E-state index contributed by atoms with van der Waals surface area (Å²) in [5.74, 6) is 0.966. The van der Waals surface area contributed by atoms with Gasteiger partial charge in [0.15, 0.2) is 11.5 Å². The number of rotatable bonds is 7. The molecular formula is C28H28N2O4. The normalized spacial score (nSPS) is 16.0. The van der Waals surface area contributed by atoms with Crippen LogP contribution in [0, 0.1) is 0 Å². The first kappa shape index (κ1) is 22.2. The van der Waals surface area contributed by atoms with E-state index in [1.807, 2.05) is 71.6 Å². The van der Waals surface area contributed by atoms with Gasteiger partial charge in [0.05, 0.1) is 0 Å². The lowest BCUT2D eigenvalue weighted by molar-refractivity contribution is -0.144. The van der Waals surface area contributed by atoms with Crippen molar-refractivity contribution in [1.82, 2.24) is 9.88 Å². The van der Waals surface area contributed by atoms with Gasteiger partial charge in [0.2, 0.25) is 0 Å². The highest BCUT2D eigenvalue weighted by Gasteiger charge is 2.31. The second-order valence-corrected chi connectivity index (χ2v) is 9.18. The van der Waals surface area contributed by atoms with Crippen LogP contribution >= 0.6 is 0 Å². The van der Waals surface area contributed by atoms with Gasteiger partial charge in [-0.15, -0.1) is 0 Å². The van der Waals surface area contributed by atoms with Gasteiger partial charge in [-0.25, -0.2) is 4.98 Å². The van der Waals surface area contributed by atoms with Crippen molar-refractivity contribution in [3.05, 3.63) is 94.9 Å². The molecule has 0 bridgehead atoms. The van der Waals surface area contributed by atoms with E-state index in [1.54, 1.807) is 0 Å². The third-order valence-electron chi connectivity index (χ3n) is 6.29. The number of carbonyl (C=O) groups is 1. The molecule has 5 rings (SSSR count). The number of aromatic nitrogens is 1. The lowest BCUT2D eigenvalue weighted by Gasteiger charge is -2.34. The molecule has 0 saturated carbocycles. The van der Waals surface area contributed by atoms with Gasteiger partial charge < -0.3 is 14.3 Å². The highest BCUT2D eigenvalue weighted by Crippen LogP contribution is 2.29. The zero-order valence-electron chi connectivity index (χ0n) is 19.4. The van der Waals surface area contributed by atoms with Crippen LogP contribution in [0.3, 0.4) is 0 Å². The zero-order chi connectivity index (χ0) is 23.7. The number of benzene rings is 3. The molecule has 1 aromatic heterocycles. The van der Waals surface area contributed by atoms with Gasteiger partial charge in [0.1, 0.15) is 23.9 Å². The molecule has 0 radical (unpaired) electrons. The Morgan fingerprint density at radius 2 is 1.91 bits per heavy atom. The fraction of sp³-hybridized carbons (Fsp3) is 0.286. The number of nitrogens with zero attached hydrogens (tertiary/aromatic N) is 2. The molecule has 1 N–H and O–H groups in total. The summed E-state index contributed by atoms with van der Waals surface area (Å²) in [7, 11) is 0. The third kappa shape index (κ3) is 4.68. The van der Waals surface area contributed by atoms with E-state index in [0.717, 1.165) is 45.0 Å². The molecular weight excluding hydrogens is 428 g/mol. The van der Waals surface area contributed by atoms with Crippen LogP contribution in [0.15, 0.2) is 71.1 Å². The second-order valence-electron chi connectivity index (χ2n) is 9.18. The highest BCUT2D eigenvalue weighted by molar-refractivity contribution is 5.75. The van der Waals surface area contributed by atoms with Crippen LogP contribution < -0.4 is 4.74 Å². The van der Waals surface area contributed by atoms with Crippen LogP contribution in [0.5, 0.6) is 5.75 Å². The number of carboxylic acids is 1. The molecule has 3 aromatic carbocycles. The molecule has 6 nitrogen and oxygen atoms in total. The smallest absolute Gasteiger partial charge is 0.321 e. The van der Waals surface area contributed by atoms with E-state index in [2.05, 4.69) is 18.8 Å². The minimum atomic E-state index is -0.786. The van der Waals surface area contributed by atoms with Gasteiger partial charge in [-0.3, -0.25) is 9.69 Å². The van der Waals surface area contributed by atoms with Crippen LogP contribution in [-0.2, 0) is 30.9 Å². The van der Waals surface area contributed by atoms with Gasteiger partial charge in [-0.2, -0.15) is 0 Å². The van der Waals surface area contributed by atoms with Crippen molar-refractivity contribution in [1.29, 1.82) is 0 Å². The fourth-order valence-corrected chi connectivity index (χ4v) is 4.43. The molecule has 0 saturated heterocycles. The number of fused-ring (bicyclic) bond motifs is 2. The molecule has 6 heteroatoms. The maximum absolute atomic E-state index is 11.9. The molecule has 174 valence electrons. The molecule has 1 aliphatic heterocycles. The van der Waals surface area contributed by atoms with Crippen LogP contribution in [0.1, 0.15) is 47.9 Å². The summed E-state index contributed by atoms with van der Waals surface area (Å²) >= 11 is 0. The van der Waals surface area contributed by atoms with E-state index in [-0.39, 0.29) is 5.92 Å². The van der Waals surface area contributed by atoms with Gasteiger partial charge in [0, 0.05) is 19.0 Å². The monoisotopic (exact) mass is 456 g/mol. The first-order valence-corrected chi connectivity index (χ1v) is 11.6. The van der Waals surface area contributed by atoms with Crippen molar-refractivity contribution >= 4 is 17.1 Å². The van der Waals surface area contributed by atoms with E-state index in [0.29, 0.717) is 26.1 Å². The lowest BCUT2D eigenvalue weighted by atomic mass is 9.93. The van der Waals surface area contributed by atoms with Gasteiger partial charge >= 0.3 is 5.97 Å². The maximum Gasteiger partial charge on any atom is 0.321 e. The minimum Gasteiger partial charge on any atom is -0.489 e. The predicted molar refractivity (Wildman–Crippen MR) is 130 cm³/mol. The van der Waals surface area contributed by atoms with Crippen LogP contribution in [0.2, 0.25) is 0 Å². The molecule has 4 aromatic rings. The van der Waals surface area contributed by atoms with E-state index >= 15 is 0 Å². The molecule has 1 aliphatic rings. The van der Waals surface area contributed by atoms with Crippen molar-refractivity contribution < 1.29 is 19.1 Å². The SMILES string of the molecule is CC(C)c1nc2cc(COc3ccc4c(c3)CN(Cc3ccccc3)[C@H](C(=O)O)C4)ccc2o1. The maximum atomic E-state index is 11.9. The summed E-state index contributed by atoms with van der Waals surface area (Å²) in [4.78, 5) is 18.5. The summed E-state index contributed by atoms with van der Waals surface area (Å²) < 4.78 is 11.9. The van der Waals surface area contributed by atoms with Gasteiger partial charge in [-0.1, -0.05) is 56.3 Å². The molecule has 0 spiro atoms. The molecule has 2 heterocycles. The first-order chi connectivity index (χ1) is 16.5. The molecule has 0 unspecified atom stereocenters. The molecule has 34 heavy (non-hydrogen) atoms. The van der Waals surface area contributed by atoms with Gasteiger partial charge in [0.25, 0.3) is 0 Å². The summed E-state index contributed by atoms with van der Waals surface area (Å²) in [6.45, 7) is 5.71. The Labute approximate surface area is 198 Å². The Hall–Kier alpha value is -3.64. The number of ether oxygens (including phenoxy) is 1. The highest BCUT2D eigenvalue weighted by atomic mass is 16.5. The molecule has 0 amide bonds. The second kappa shape index (κ2) is 9.31. The van der Waals surface area contributed by atoms with E-state index in [1.165, 1.54) is 0 Å². The van der Waals surface area contributed by atoms with Crippen LogP contribution in [0.25, 0.3) is 11.1 Å². The quantitative estimate of drug-likeness (QED) is 0.393. The van der Waals surface area contributed by atoms with Crippen molar-refractivity contribution in [2.75, 3.05) is 0 Å². The fourth-order valence-electron chi connectivity index (χ4n) is 4.43. The van der Waals surface area contributed by atoms with Crippen LogP contribution in [-0.4, -0.2) is 27.0 Å². The topological polar surface area (TPSA) is 75.8 Å². The lowest BCUT2D eigenvalue weighted by Crippen LogP contribution is -2.45. The number of oxazole rings is 1. The Kier molecular flexibility index (Phi) is 6.07. The number of aliphatic carboxylic acids is 1. The van der Waals surface area contributed by atoms with Crippen molar-refractivity contribution in [2.24, 2.45) is 0 Å². The zero-order valence-corrected chi connectivity index (χ0v) is 19.4. The average Bonchev–Trinajstić information content (AvgIpc) is 3.27. The minimum absolute atomic E-state index is 0.241. The molecule has 0 aliphatic carbocycles.